The highest BCUT2D eigenvalue weighted by Gasteiger charge is 2.34. The number of rotatable bonds is 6. The monoisotopic (exact) mass is 1020 g/mol. The molecular formula is C70H59N7O. The first-order chi connectivity index (χ1) is 40.2. The SMILES string of the molecule is [2H]C([2H])([2H])n1c2ccc(C(C)(C)C)cc2c2cc3c4cc(C(C)(C)C)ccc4n(C([2H])([2H])[2H])c3c(N3CN(c4cccc(Oc5ccc6c7ccccc7n(-c7cc(-n8c9ccccc9c9ccccc98)ccn7)c6c5)c4)c4ccccc43)c21. The van der Waals surface area contributed by atoms with Crippen molar-refractivity contribution in [2.24, 2.45) is 14.0 Å². The molecule has 0 saturated heterocycles. The Morgan fingerprint density at radius 1 is 0.410 bits per heavy atom. The third kappa shape index (κ3) is 6.81. The summed E-state index contributed by atoms with van der Waals surface area (Å²) < 4.78 is 69.9. The normalized spacial score (nSPS) is 14.7. The van der Waals surface area contributed by atoms with Gasteiger partial charge in [-0.3, -0.25) is 4.57 Å². The molecule has 15 rings (SSSR count). The molecule has 5 aromatic heterocycles. The minimum absolute atomic E-state index is 0.218. The van der Waals surface area contributed by atoms with Gasteiger partial charge in [0.05, 0.1) is 55.8 Å². The summed E-state index contributed by atoms with van der Waals surface area (Å²) in [5, 5.41) is 7.57. The zero-order chi connectivity index (χ0) is 57.9. The molecule has 0 radical (unpaired) electrons. The van der Waals surface area contributed by atoms with E-state index in [9.17, 15) is 8.22 Å². The van der Waals surface area contributed by atoms with Gasteiger partial charge in [0.1, 0.15) is 24.0 Å². The van der Waals surface area contributed by atoms with Crippen molar-refractivity contribution < 1.29 is 13.0 Å². The standard InChI is InChI=1S/C70H59N7O/c1-69(2,3)43-28-32-57-53(36-43)55-41-56-54-37-44(70(4,5)6)29-33-58(54)73(8)67(56)68(66(55)72(57)7)75-42-74(62-26-15-16-27-63(62)75)45-18-17-19-47(38-45)78-48-30-31-52-51-22-11-14-25-61(51)77(64(52)40-48)65-39-46(34-35-71-65)76-59-23-12-9-20-49(59)50-21-10-13-24-60(50)76/h9-41H,42H2,1-8H3/i7D3,8D3. The molecule has 78 heavy (non-hydrogen) atoms. The molecule has 0 bridgehead atoms. The molecule has 0 amide bonds. The van der Waals surface area contributed by atoms with E-state index < -0.39 is 14.0 Å². The van der Waals surface area contributed by atoms with Gasteiger partial charge in [-0.25, -0.2) is 4.98 Å². The Morgan fingerprint density at radius 2 is 0.949 bits per heavy atom. The molecule has 0 aliphatic carbocycles. The number of ether oxygens (including phenoxy) is 1. The second-order valence-corrected chi connectivity index (χ2v) is 23.0. The van der Waals surface area contributed by atoms with Crippen LogP contribution in [0.2, 0.25) is 0 Å². The van der Waals surface area contributed by atoms with Gasteiger partial charge < -0.3 is 28.2 Å². The van der Waals surface area contributed by atoms with Crippen molar-refractivity contribution in [3.63, 3.8) is 0 Å². The summed E-state index contributed by atoms with van der Waals surface area (Å²) in [6.45, 7) is 7.82. The molecule has 0 N–H and O–H groups in total. The van der Waals surface area contributed by atoms with Crippen LogP contribution >= 0.6 is 0 Å². The van der Waals surface area contributed by atoms with E-state index in [0.717, 1.165) is 94.1 Å². The van der Waals surface area contributed by atoms with Gasteiger partial charge in [-0.05, 0) is 113 Å². The van der Waals surface area contributed by atoms with Crippen molar-refractivity contribution >= 4 is 110 Å². The third-order valence-corrected chi connectivity index (χ3v) is 16.3. The molecule has 9 aromatic carbocycles. The van der Waals surface area contributed by atoms with Crippen molar-refractivity contribution in [3.05, 3.63) is 211 Å². The minimum atomic E-state index is -2.65. The summed E-state index contributed by atoms with van der Waals surface area (Å²) >= 11 is 0. The van der Waals surface area contributed by atoms with Gasteiger partial charge in [0.25, 0.3) is 0 Å². The molecule has 8 nitrogen and oxygen atoms in total. The van der Waals surface area contributed by atoms with Gasteiger partial charge in [0.2, 0.25) is 0 Å². The van der Waals surface area contributed by atoms with Crippen LogP contribution < -0.4 is 14.5 Å². The van der Waals surface area contributed by atoms with Crippen LogP contribution in [0.1, 0.15) is 60.9 Å². The van der Waals surface area contributed by atoms with E-state index >= 15 is 0 Å². The number of benzene rings is 9. The van der Waals surface area contributed by atoms with Gasteiger partial charge >= 0.3 is 0 Å². The van der Waals surface area contributed by atoms with E-state index in [-0.39, 0.29) is 17.5 Å². The van der Waals surface area contributed by atoms with Gasteiger partial charge in [0, 0.05) is 106 Å². The van der Waals surface area contributed by atoms with Crippen LogP contribution in [0.4, 0.5) is 22.7 Å². The van der Waals surface area contributed by atoms with Crippen molar-refractivity contribution in [1.82, 2.24) is 23.3 Å². The number of aromatic nitrogens is 5. The van der Waals surface area contributed by atoms with Crippen molar-refractivity contribution in [2.45, 2.75) is 52.4 Å². The predicted molar refractivity (Wildman–Crippen MR) is 327 cm³/mol. The molecule has 0 spiro atoms. The molecule has 0 unspecified atom stereocenters. The van der Waals surface area contributed by atoms with Crippen LogP contribution in [0.3, 0.4) is 0 Å². The lowest BCUT2D eigenvalue weighted by Gasteiger charge is -2.25. The van der Waals surface area contributed by atoms with E-state index in [4.69, 9.17) is 9.72 Å². The summed E-state index contributed by atoms with van der Waals surface area (Å²) in [4.78, 5) is 9.32. The summed E-state index contributed by atoms with van der Waals surface area (Å²) in [6.07, 6.45) is 1.88. The maximum Gasteiger partial charge on any atom is 0.139 e. The van der Waals surface area contributed by atoms with Crippen LogP contribution in [0, 0.1) is 0 Å². The Labute approximate surface area is 461 Å². The quantitative estimate of drug-likeness (QED) is 0.167. The number of hydrogen-bond acceptors (Lipinski definition) is 4. The maximum absolute atomic E-state index is 9.26. The lowest BCUT2D eigenvalue weighted by atomic mass is 9.86. The Kier molecular flexibility index (Phi) is 8.53. The van der Waals surface area contributed by atoms with Gasteiger partial charge in [-0.15, -0.1) is 0 Å². The molecule has 0 saturated carbocycles. The van der Waals surface area contributed by atoms with Crippen LogP contribution in [0.25, 0.3) is 98.7 Å². The number of fused-ring (bicyclic) bond motifs is 13. The molecule has 8 heteroatoms. The van der Waals surface area contributed by atoms with Crippen molar-refractivity contribution in [1.29, 1.82) is 0 Å². The highest BCUT2D eigenvalue weighted by atomic mass is 16.5. The first kappa shape index (κ1) is 40.0. The van der Waals surface area contributed by atoms with E-state index in [1.807, 2.05) is 85.1 Å². The minimum Gasteiger partial charge on any atom is -0.457 e. The van der Waals surface area contributed by atoms with E-state index in [0.29, 0.717) is 39.3 Å². The number of anilines is 4. The fraction of sp³-hybridized carbons (Fsp3) is 0.157. The lowest BCUT2D eigenvalue weighted by Crippen LogP contribution is -2.25. The summed E-state index contributed by atoms with van der Waals surface area (Å²) in [6, 6.07) is 66.1. The topological polar surface area (TPSA) is 48.3 Å². The van der Waals surface area contributed by atoms with E-state index in [1.54, 1.807) is 0 Å². The zero-order valence-electron chi connectivity index (χ0n) is 50.3. The number of hydrogen-bond donors (Lipinski definition) is 0. The average molecular weight is 1020 g/mol. The highest BCUT2D eigenvalue weighted by Crippen LogP contribution is 2.52. The average Bonchev–Trinajstić information content (AvgIpc) is 1.64. The van der Waals surface area contributed by atoms with Gasteiger partial charge in [-0.1, -0.05) is 126 Å². The van der Waals surface area contributed by atoms with Crippen LogP contribution in [-0.4, -0.2) is 29.9 Å². The fourth-order valence-corrected chi connectivity index (χ4v) is 12.4. The number of aryl methyl sites for hydroxylation is 2. The Balaban J connectivity index is 0.876. The predicted octanol–water partition coefficient (Wildman–Crippen LogP) is 18.2. The first-order valence-electron chi connectivity index (χ1n) is 29.7. The molecule has 6 heterocycles. The molecular weight excluding hydrogens is 955 g/mol. The van der Waals surface area contributed by atoms with Crippen molar-refractivity contribution in [2.75, 3.05) is 16.5 Å². The maximum atomic E-state index is 9.26. The number of nitrogens with zero attached hydrogens (tertiary/aromatic N) is 7. The summed E-state index contributed by atoms with van der Waals surface area (Å²) in [5.74, 6) is 2.02. The number of pyridine rings is 1. The second kappa shape index (κ2) is 16.6. The zero-order valence-corrected chi connectivity index (χ0v) is 44.3. The first-order valence-corrected chi connectivity index (χ1v) is 26.7. The molecule has 1 aliphatic heterocycles. The van der Waals surface area contributed by atoms with Crippen molar-refractivity contribution in [3.8, 4) is 23.0 Å². The van der Waals surface area contributed by atoms with E-state index in [1.165, 1.54) is 19.9 Å². The third-order valence-electron chi connectivity index (χ3n) is 16.3. The Bertz CT molecular complexity index is 4890. The van der Waals surface area contributed by atoms with E-state index in [2.05, 4.69) is 176 Å². The molecule has 380 valence electrons. The molecule has 14 aromatic rings. The number of para-hydroxylation sites is 5. The molecule has 0 fully saturated rings. The Hall–Kier alpha value is -9.27. The molecule has 0 atom stereocenters. The summed E-state index contributed by atoms with van der Waals surface area (Å²) in [7, 11) is 0. The van der Waals surface area contributed by atoms with Crippen LogP contribution in [-0.2, 0) is 24.8 Å². The van der Waals surface area contributed by atoms with Crippen LogP contribution in [0.15, 0.2) is 200 Å². The second-order valence-electron chi connectivity index (χ2n) is 23.0. The largest absolute Gasteiger partial charge is 0.457 e. The van der Waals surface area contributed by atoms with Gasteiger partial charge in [-0.2, -0.15) is 0 Å². The summed E-state index contributed by atoms with van der Waals surface area (Å²) in [5.41, 5.74) is 11.8. The molecule has 1 aliphatic rings. The lowest BCUT2D eigenvalue weighted by molar-refractivity contribution is 0.483. The smallest absolute Gasteiger partial charge is 0.139 e. The fourth-order valence-electron chi connectivity index (χ4n) is 12.4. The Morgan fingerprint density at radius 3 is 1.54 bits per heavy atom. The highest BCUT2D eigenvalue weighted by molar-refractivity contribution is 6.25. The van der Waals surface area contributed by atoms with Crippen LogP contribution in [0.5, 0.6) is 11.5 Å². The van der Waals surface area contributed by atoms with Gasteiger partial charge in [0.15, 0.2) is 0 Å².